The zero-order valence-corrected chi connectivity index (χ0v) is 15.2. The molecule has 1 fully saturated rings. The van der Waals surface area contributed by atoms with E-state index in [1.165, 1.54) is 25.3 Å². The maximum Gasteiger partial charge on any atom is 0.387 e. The molecule has 2 aromatic carbocycles. The smallest absolute Gasteiger partial charge is 0.387 e. The molecule has 0 N–H and O–H groups in total. The molecule has 3 rings (SSSR count). The summed E-state index contributed by atoms with van der Waals surface area (Å²) >= 11 is 0. The van der Waals surface area contributed by atoms with Crippen LogP contribution in [0.5, 0.6) is 17.2 Å². The Labute approximate surface area is 156 Å². The summed E-state index contributed by atoms with van der Waals surface area (Å²) in [6, 6.07) is 11.9. The minimum atomic E-state index is -2.96. The average Bonchev–Trinajstić information content (AvgIpc) is 3.17. The maximum absolute atomic E-state index is 13.0. The van der Waals surface area contributed by atoms with Gasteiger partial charge in [0.15, 0.2) is 11.5 Å². The summed E-state index contributed by atoms with van der Waals surface area (Å²) in [7, 11) is 2.95. The van der Waals surface area contributed by atoms with E-state index in [4.69, 9.17) is 9.47 Å². The van der Waals surface area contributed by atoms with Crippen LogP contribution >= 0.6 is 0 Å². The van der Waals surface area contributed by atoms with Crippen LogP contribution in [0, 0.1) is 0 Å². The fraction of sp³-hybridized carbons (Fsp3) is 0.350. The molecule has 2 aromatic rings. The second-order valence-electron chi connectivity index (χ2n) is 6.17. The van der Waals surface area contributed by atoms with Gasteiger partial charge in [-0.25, -0.2) is 0 Å². The van der Waals surface area contributed by atoms with Gasteiger partial charge < -0.3 is 19.1 Å². The highest BCUT2D eigenvalue weighted by atomic mass is 19.3. The van der Waals surface area contributed by atoms with E-state index in [1.54, 1.807) is 12.0 Å². The Morgan fingerprint density at radius 2 is 1.81 bits per heavy atom. The third-order valence-electron chi connectivity index (χ3n) is 4.64. The van der Waals surface area contributed by atoms with Crippen LogP contribution < -0.4 is 14.2 Å². The summed E-state index contributed by atoms with van der Waals surface area (Å²) in [5, 5.41) is 0. The van der Waals surface area contributed by atoms with Gasteiger partial charge in [-0.15, -0.1) is 0 Å². The molecule has 1 atom stereocenters. The minimum Gasteiger partial charge on any atom is -0.497 e. The van der Waals surface area contributed by atoms with Crippen molar-refractivity contribution in [2.24, 2.45) is 0 Å². The molecule has 0 unspecified atom stereocenters. The van der Waals surface area contributed by atoms with Gasteiger partial charge in [0.25, 0.3) is 5.91 Å². The number of benzene rings is 2. The summed E-state index contributed by atoms with van der Waals surface area (Å²) in [5.41, 5.74) is 1.40. The minimum absolute atomic E-state index is 0.0357. The van der Waals surface area contributed by atoms with Crippen LogP contribution in [0.2, 0.25) is 0 Å². The third-order valence-corrected chi connectivity index (χ3v) is 4.64. The van der Waals surface area contributed by atoms with E-state index in [0.717, 1.165) is 24.2 Å². The van der Waals surface area contributed by atoms with Crippen LogP contribution in [-0.4, -0.2) is 38.2 Å². The van der Waals surface area contributed by atoms with Crippen LogP contribution in [0.15, 0.2) is 42.5 Å². The molecule has 5 nitrogen and oxygen atoms in total. The largest absolute Gasteiger partial charge is 0.497 e. The molecule has 1 aliphatic rings. The first-order valence-corrected chi connectivity index (χ1v) is 8.61. The van der Waals surface area contributed by atoms with Crippen molar-refractivity contribution in [3.63, 3.8) is 0 Å². The highest BCUT2D eigenvalue weighted by Gasteiger charge is 2.31. The van der Waals surface area contributed by atoms with Gasteiger partial charge in [-0.3, -0.25) is 4.79 Å². The van der Waals surface area contributed by atoms with Crippen LogP contribution in [0.1, 0.15) is 34.8 Å². The lowest BCUT2D eigenvalue weighted by molar-refractivity contribution is -0.0512. The van der Waals surface area contributed by atoms with Crippen molar-refractivity contribution in [3.8, 4) is 17.2 Å². The molecule has 0 spiro atoms. The van der Waals surface area contributed by atoms with Crippen LogP contribution in [0.3, 0.4) is 0 Å². The predicted molar refractivity (Wildman–Crippen MR) is 95.6 cm³/mol. The Morgan fingerprint density at radius 1 is 1.07 bits per heavy atom. The molecule has 7 heteroatoms. The Balaban J connectivity index is 1.83. The first-order valence-electron chi connectivity index (χ1n) is 8.61. The fourth-order valence-electron chi connectivity index (χ4n) is 3.34. The third kappa shape index (κ3) is 4.13. The standard InChI is InChI=1S/C20H21F2NO4/c1-25-15-8-5-13(6-9-15)16-4-3-11-23(16)19(24)14-7-10-17(27-20(21)22)18(12-14)26-2/h5-10,12,16,20H,3-4,11H2,1-2H3/t16-/m1/s1. The normalized spacial score (nSPS) is 16.5. The van der Waals surface area contributed by atoms with E-state index in [1.807, 2.05) is 24.3 Å². The molecule has 1 saturated heterocycles. The first kappa shape index (κ1) is 18.9. The molecule has 0 aliphatic carbocycles. The highest BCUT2D eigenvalue weighted by molar-refractivity contribution is 5.95. The molecule has 0 bridgehead atoms. The van der Waals surface area contributed by atoms with Gasteiger partial charge in [0.2, 0.25) is 0 Å². The summed E-state index contributed by atoms with van der Waals surface area (Å²) < 4.78 is 39.6. The number of nitrogens with zero attached hydrogens (tertiary/aromatic N) is 1. The number of hydrogen-bond donors (Lipinski definition) is 0. The lowest BCUT2D eigenvalue weighted by Crippen LogP contribution is -2.30. The molecule has 1 aliphatic heterocycles. The van der Waals surface area contributed by atoms with E-state index in [-0.39, 0.29) is 23.4 Å². The number of hydrogen-bond acceptors (Lipinski definition) is 4. The number of carbonyl (C=O) groups excluding carboxylic acids is 1. The van der Waals surface area contributed by atoms with Crippen molar-refractivity contribution >= 4 is 5.91 Å². The Kier molecular flexibility index (Phi) is 5.78. The average molecular weight is 377 g/mol. The van der Waals surface area contributed by atoms with E-state index < -0.39 is 6.61 Å². The molecule has 0 aromatic heterocycles. The maximum atomic E-state index is 13.0. The molecular formula is C20H21F2NO4. The van der Waals surface area contributed by atoms with Gasteiger partial charge in [-0.1, -0.05) is 12.1 Å². The number of carbonyl (C=O) groups is 1. The van der Waals surface area contributed by atoms with Gasteiger partial charge in [-0.2, -0.15) is 8.78 Å². The summed E-state index contributed by atoms with van der Waals surface area (Å²) in [6.45, 7) is -2.33. The van der Waals surface area contributed by atoms with Crippen molar-refractivity contribution in [2.75, 3.05) is 20.8 Å². The lowest BCUT2D eigenvalue weighted by Gasteiger charge is -2.25. The number of alkyl halides is 2. The first-order chi connectivity index (χ1) is 13.0. The monoisotopic (exact) mass is 377 g/mol. The summed E-state index contributed by atoms with van der Waals surface area (Å²) in [4.78, 5) is 14.8. The topological polar surface area (TPSA) is 48.0 Å². The van der Waals surface area contributed by atoms with E-state index in [2.05, 4.69) is 4.74 Å². The highest BCUT2D eigenvalue weighted by Crippen LogP contribution is 2.35. The lowest BCUT2D eigenvalue weighted by atomic mass is 10.0. The molecule has 144 valence electrons. The van der Waals surface area contributed by atoms with E-state index in [9.17, 15) is 13.6 Å². The molecule has 0 radical (unpaired) electrons. The molecule has 1 heterocycles. The second-order valence-corrected chi connectivity index (χ2v) is 6.17. The van der Waals surface area contributed by atoms with Crippen molar-refractivity contribution in [1.82, 2.24) is 4.90 Å². The Bertz CT molecular complexity index is 795. The van der Waals surface area contributed by atoms with Crippen LogP contribution in [-0.2, 0) is 0 Å². The molecule has 1 amide bonds. The SMILES string of the molecule is COc1ccc([C@H]2CCCN2C(=O)c2ccc(OC(F)F)c(OC)c2)cc1. The summed E-state index contributed by atoms with van der Waals surface area (Å²) in [6.07, 6.45) is 1.76. The number of methoxy groups -OCH3 is 2. The molecule has 27 heavy (non-hydrogen) atoms. The predicted octanol–water partition coefficient (Wildman–Crippen LogP) is 4.28. The quantitative estimate of drug-likeness (QED) is 0.754. The van der Waals surface area contributed by atoms with Crippen molar-refractivity contribution in [1.29, 1.82) is 0 Å². The van der Waals surface area contributed by atoms with Gasteiger partial charge in [0, 0.05) is 12.1 Å². The summed E-state index contributed by atoms with van der Waals surface area (Å²) in [5.74, 6) is 0.586. The van der Waals surface area contributed by atoms with Crippen LogP contribution in [0.4, 0.5) is 8.78 Å². The van der Waals surface area contributed by atoms with E-state index >= 15 is 0 Å². The number of rotatable bonds is 6. The van der Waals surface area contributed by atoms with Crippen molar-refractivity contribution in [3.05, 3.63) is 53.6 Å². The zero-order chi connectivity index (χ0) is 19.4. The van der Waals surface area contributed by atoms with Gasteiger partial charge in [0.1, 0.15) is 5.75 Å². The van der Waals surface area contributed by atoms with Crippen LogP contribution in [0.25, 0.3) is 0 Å². The molecular weight excluding hydrogens is 356 g/mol. The van der Waals surface area contributed by atoms with Crippen molar-refractivity contribution < 1.29 is 27.8 Å². The van der Waals surface area contributed by atoms with E-state index in [0.29, 0.717) is 12.1 Å². The number of likely N-dealkylation sites (tertiary alicyclic amines) is 1. The molecule has 0 saturated carbocycles. The van der Waals surface area contributed by atoms with Gasteiger partial charge in [0.05, 0.1) is 20.3 Å². The number of ether oxygens (including phenoxy) is 3. The van der Waals surface area contributed by atoms with Gasteiger partial charge in [-0.05, 0) is 48.7 Å². The fourth-order valence-corrected chi connectivity index (χ4v) is 3.34. The second kappa shape index (κ2) is 8.24. The Morgan fingerprint density at radius 3 is 2.44 bits per heavy atom. The van der Waals surface area contributed by atoms with Crippen molar-refractivity contribution in [2.45, 2.75) is 25.5 Å². The Hall–Kier alpha value is -2.83. The zero-order valence-electron chi connectivity index (χ0n) is 15.2. The number of amides is 1. The van der Waals surface area contributed by atoms with Gasteiger partial charge >= 0.3 is 6.61 Å². The number of halogens is 2.